The van der Waals surface area contributed by atoms with Gasteiger partial charge in [0.15, 0.2) is 0 Å². The molecule has 114 valence electrons. The van der Waals surface area contributed by atoms with Crippen LogP contribution in [0.25, 0.3) is 0 Å². The fourth-order valence-corrected chi connectivity index (χ4v) is 2.06. The maximum absolute atomic E-state index is 14.2. The summed E-state index contributed by atoms with van der Waals surface area (Å²) >= 11 is 0. The number of halogens is 1. The Bertz CT molecular complexity index is 391. The van der Waals surface area contributed by atoms with Crippen LogP contribution in [0, 0.1) is 5.82 Å². The van der Waals surface area contributed by atoms with Crippen molar-refractivity contribution in [2.45, 2.75) is 19.4 Å². The number of nitrogens with zero attached hydrogens (tertiary/aromatic N) is 1. The third-order valence-electron chi connectivity index (χ3n) is 3.04. The van der Waals surface area contributed by atoms with Crippen molar-refractivity contribution in [2.24, 2.45) is 5.73 Å². The van der Waals surface area contributed by atoms with Gasteiger partial charge in [0.25, 0.3) is 0 Å². The van der Waals surface area contributed by atoms with Crippen molar-refractivity contribution < 1.29 is 13.9 Å². The predicted molar refractivity (Wildman–Crippen MR) is 79.7 cm³/mol. The molecule has 0 saturated heterocycles. The summed E-state index contributed by atoms with van der Waals surface area (Å²) in [5.74, 6) is -0.227. The number of nitrogens with two attached hydrogens (primary N) is 1. The number of hydrogen-bond acceptors (Lipinski definition) is 4. The Kier molecular flexibility index (Phi) is 7.51. The lowest BCUT2D eigenvalue weighted by molar-refractivity contribution is 0.190. The van der Waals surface area contributed by atoms with Gasteiger partial charge in [-0.05, 0) is 31.0 Å². The highest BCUT2D eigenvalue weighted by Crippen LogP contribution is 2.21. The first kappa shape index (κ1) is 16.9. The molecule has 1 unspecified atom stereocenters. The van der Waals surface area contributed by atoms with Crippen molar-refractivity contribution in [3.05, 3.63) is 29.6 Å². The van der Waals surface area contributed by atoms with E-state index in [2.05, 4.69) is 0 Å². The molecular weight excluding hydrogens is 259 g/mol. The summed E-state index contributed by atoms with van der Waals surface area (Å²) in [4.78, 5) is 1.93. The van der Waals surface area contributed by atoms with Crippen LogP contribution < -0.4 is 10.6 Å². The minimum Gasteiger partial charge on any atom is -0.383 e. The van der Waals surface area contributed by atoms with Crippen LogP contribution in [0.3, 0.4) is 0 Å². The lowest BCUT2D eigenvalue weighted by Gasteiger charge is -2.25. The van der Waals surface area contributed by atoms with Gasteiger partial charge in [-0.3, -0.25) is 0 Å². The zero-order valence-electron chi connectivity index (χ0n) is 12.6. The zero-order chi connectivity index (χ0) is 15.0. The first-order valence-electron chi connectivity index (χ1n) is 6.85. The molecule has 1 rings (SSSR count). The predicted octanol–water partition coefficient (Wildman–Crippen LogP) is 1.81. The highest BCUT2D eigenvalue weighted by Gasteiger charge is 2.12. The number of hydrogen-bond donors (Lipinski definition) is 1. The fraction of sp³-hybridized carbons (Fsp3) is 0.600. The van der Waals surface area contributed by atoms with E-state index in [9.17, 15) is 4.39 Å². The molecule has 1 aromatic carbocycles. The third kappa shape index (κ3) is 5.45. The molecule has 0 spiro atoms. The van der Waals surface area contributed by atoms with Gasteiger partial charge in [0.1, 0.15) is 5.82 Å². The van der Waals surface area contributed by atoms with Crippen LogP contribution in [0.15, 0.2) is 18.2 Å². The largest absolute Gasteiger partial charge is 0.383 e. The van der Waals surface area contributed by atoms with Crippen LogP contribution in [0.2, 0.25) is 0 Å². The van der Waals surface area contributed by atoms with E-state index in [0.29, 0.717) is 38.4 Å². The smallest absolute Gasteiger partial charge is 0.146 e. The second-order valence-corrected chi connectivity index (χ2v) is 4.94. The maximum Gasteiger partial charge on any atom is 0.146 e. The molecule has 0 heterocycles. The summed E-state index contributed by atoms with van der Waals surface area (Å²) in [5, 5.41) is 0. The number of rotatable bonds is 9. The fourth-order valence-electron chi connectivity index (χ4n) is 2.06. The van der Waals surface area contributed by atoms with Crippen LogP contribution in [0.5, 0.6) is 0 Å². The molecule has 0 aliphatic rings. The topological polar surface area (TPSA) is 47.7 Å². The van der Waals surface area contributed by atoms with Gasteiger partial charge in [0, 0.05) is 33.4 Å². The number of ether oxygens (including phenoxy) is 2. The molecular formula is C15H25FN2O2. The van der Waals surface area contributed by atoms with Crippen molar-refractivity contribution in [3.8, 4) is 0 Å². The Balaban J connectivity index is 2.83. The highest BCUT2D eigenvalue weighted by atomic mass is 19.1. The van der Waals surface area contributed by atoms with Gasteiger partial charge < -0.3 is 20.1 Å². The van der Waals surface area contributed by atoms with E-state index in [1.807, 2.05) is 17.9 Å². The molecule has 0 aliphatic carbocycles. The maximum atomic E-state index is 14.2. The molecule has 1 aromatic rings. The van der Waals surface area contributed by atoms with Gasteiger partial charge in [-0.1, -0.05) is 6.07 Å². The molecule has 2 N–H and O–H groups in total. The van der Waals surface area contributed by atoms with Crippen LogP contribution in [0.1, 0.15) is 12.5 Å². The van der Waals surface area contributed by atoms with E-state index in [1.165, 1.54) is 0 Å². The molecule has 1 atom stereocenters. The van der Waals surface area contributed by atoms with Gasteiger partial charge in [0.2, 0.25) is 0 Å². The van der Waals surface area contributed by atoms with Crippen LogP contribution in [0.4, 0.5) is 10.1 Å². The highest BCUT2D eigenvalue weighted by molar-refractivity contribution is 5.49. The van der Waals surface area contributed by atoms with E-state index >= 15 is 0 Å². The van der Waals surface area contributed by atoms with Gasteiger partial charge in [-0.2, -0.15) is 0 Å². The lowest BCUT2D eigenvalue weighted by Crippen LogP contribution is -2.31. The summed E-state index contributed by atoms with van der Waals surface area (Å²) in [7, 11) is 3.27. The molecule has 0 aliphatic heterocycles. The second-order valence-electron chi connectivity index (χ2n) is 4.94. The van der Waals surface area contributed by atoms with Gasteiger partial charge >= 0.3 is 0 Å². The van der Waals surface area contributed by atoms with Crippen LogP contribution >= 0.6 is 0 Å². The van der Waals surface area contributed by atoms with Gasteiger partial charge in [-0.25, -0.2) is 4.39 Å². The zero-order valence-corrected chi connectivity index (χ0v) is 12.6. The summed E-state index contributed by atoms with van der Waals surface area (Å²) in [5.41, 5.74) is 7.23. The normalized spacial score (nSPS) is 12.4. The Morgan fingerprint density at radius 1 is 1.20 bits per heavy atom. The lowest BCUT2D eigenvalue weighted by atomic mass is 10.1. The molecule has 20 heavy (non-hydrogen) atoms. The first-order chi connectivity index (χ1) is 9.58. The van der Waals surface area contributed by atoms with Crippen molar-refractivity contribution in [2.75, 3.05) is 45.4 Å². The summed E-state index contributed by atoms with van der Waals surface area (Å²) in [6, 6.07) is 5.32. The average Bonchev–Trinajstić information content (AvgIpc) is 2.39. The minimum atomic E-state index is -0.227. The van der Waals surface area contributed by atoms with E-state index in [4.69, 9.17) is 15.2 Å². The Labute approximate surface area is 120 Å². The van der Waals surface area contributed by atoms with Crippen molar-refractivity contribution in [3.63, 3.8) is 0 Å². The Morgan fingerprint density at radius 2 is 1.80 bits per heavy atom. The van der Waals surface area contributed by atoms with Crippen molar-refractivity contribution >= 4 is 5.69 Å². The Morgan fingerprint density at radius 3 is 2.25 bits per heavy atom. The molecule has 4 nitrogen and oxygen atoms in total. The van der Waals surface area contributed by atoms with Crippen molar-refractivity contribution in [1.29, 1.82) is 0 Å². The quantitative estimate of drug-likeness (QED) is 0.751. The van der Waals surface area contributed by atoms with Gasteiger partial charge in [0.05, 0.1) is 18.9 Å². The van der Waals surface area contributed by atoms with Crippen LogP contribution in [-0.4, -0.2) is 46.6 Å². The SMILES string of the molecule is COCCN(CCOC)c1ccc(CC(C)N)cc1F. The monoisotopic (exact) mass is 284 g/mol. The number of methoxy groups -OCH3 is 2. The van der Waals surface area contributed by atoms with Gasteiger partial charge in [-0.15, -0.1) is 0 Å². The molecule has 0 radical (unpaired) electrons. The van der Waals surface area contributed by atoms with E-state index < -0.39 is 0 Å². The molecule has 0 fully saturated rings. The molecule has 5 heteroatoms. The number of anilines is 1. The van der Waals surface area contributed by atoms with E-state index in [-0.39, 0.29) is 11.9 Å². The van der Waals surface area contributed by atoms with E-state index in [1.54, 1.807) is 26.4 Å². The second kappa shape index (κ2) is 8.89. The average molecular weight is 284 g/mol. The molecule has 0 amide bonds. The van der Waals surface area contributed by atoms with Crippen LogP contribution in [-0.2, 0) is 15.9 Å². The standard InChI is InChI=1S/C15H25FN2O2/c1-12(17)10-13-4-5-15(14(16)11-13)18(6-8-19-2)7-9-20-3/h4-5,11-12H,6-10,17H2,1-3H3. The van der Waals surface area contributed by atoms with E-state index in [0.717, 1.165) is 5.56 Å². The molecule has 0 aromatic heterocycles. The summed E-state index contributed by atoms with van der Waals surface area (Å²) in [6.45, 7) is 4.26. The minimum absolute atomic E-state index is 0.0262. The Hall–Kier alpha value is -1.17. The first-order valence-corrected chi connectivity index (χ1v) is 6.85. The molecule has 0 saturated carbocycles. The number of benzene rings is 1. The summed E-state index contributed by atoms with van der Waals surface area (Å²) < 4.78 is 24.4. The molecule has 0 bridgehead atoms. The summed E-state index contributed by atoms with van der Waals surface area (Å²) in [6.07, 6.45) is 0.674. The third-order valence-corrected chi connectivity index (χ3v) is 3.04. The van der Waals surface area contributed by atoms with Crippen molar-refractivity contribution in [1.82, 2.24) is 0 Å².